The van der Waals surface area contributed by atoms with E-state index in [1.54, 1.807) is 0 Å². The van der Waals surface area contributed by atoms with Crippen molar-refractivity contribution in [2.24, 2.45) is 0 Å². The van der Waals surface area contributed by atoms with Gasteiger partial charge in [-0.05, 0) is 128 Å². The lowest BCUT2D eigenvalue weighted by molar-refractivity contribution is 1.07. The maximum atomic E-state index is 10.4. The Hall–Kier alpha value is -10.3. The van der Waals surface area contributed by atoms with Crippen molar-refractivity contribution >= 4 is 53.9 Å². The van der Waals surface area contributed by atoms with Crippen molar-refractivity contribution in [2.75, 3.05) is 0 Å². The highest BCUT2D eigenvalue weighted by Gasteiger charge is 2.18. The first kappa shape index (κ1) is 44.4. The van der Waals surface area contributed by atoms with E-state index in [-0.39, 0.29) is 0 Å². The Morgan fingerprint density at radius 1 is 0.224 bits per heavy atom. The van der Waals surface area contributed by atoms with E-state index in [0.29, 0.717) is 23.0 Å². The molecule has 0 bridgehead atoms. The average molecular weight is 965 g/mol. The highest BCUT2D eigenvalue weighted by molar-refractivity contribution is 6.25. The molecule has 352 valence electrons. The third-order valence-corrected chi connectivity index (χ3v) is 15.0. The second-order valence-electron chi connectivity index (χ2n) is 19.4. The number of hydrogen-bond donors (Lipinski definition) is 0. The Labute approximate surface area is 440 Å². The molecule has 0 radical (unpaired) electrons. The third kappa shape index (κ3) is 7.83. The van der Waals surface area contributed by atoms with Gasteiger partial charge in [0, 0.05) is 22.3 Å². The number of nitrogens with zero attached hydrogens (tertiary/aromatic N) is 4. The van der Waals surface area contributed by atoms with E-state index < -0.39 is 0 Å². The molecule has 0 aliphatic heterocycles. The van der Waals surface area contributed by atoms with Crippen molar-refractivity contribution in [3.05, 3.63) is 272 Å². The van der Waals surface area contributed by atoms with E-state index >= 15 is 0 Å². The van der Waals surface area contributed by atoms with Gasteiger partial charge < -0.3 is 0 Å². The Kier molecular flexibility index (Phi) is 10.9. The van der Waals surface area contributed by atoms with Crippen LogP contribution in [-0.4, -0.2) is 15.0 Å². The van der Waals surface area contributed by atoms with Gasteiger partial charge in [0.25, 0.3) is 0 Å². The van der Waals surface area contributed by atoms with Gasteiger partial charge in [0.15, 0.2) is 17.5 Å². The van der Waals surface area contributed by atoms with E-state index in [4.69, 9.17) is 15.0 Å². The molecule has 0 amide bonds. The molecule has 1 aromatic heterocycles. The molecule has 0 N–H and O–H groups in total. The normalized spacial score (nSPS) is 11.4. The van der Waals surface area contributed by atoms with Gasteiger partial charge in [0.05, 0.1) is 11.6 Å². The second-order valence-corrected chi connectivity index (χ2v) is 19.4. The number of aromatic nitrogens is 3. The zero-order valence-electron chi connectivity index (χ0n) is 41.2. The maximum absolute atomic E-state index is 10.4. The Morgan fingerprint density at radius 2 is 0.618 bits per heavy atom. The van der Waals surface area contributed by atoms with Crippen LogP contribution in [0.15, 0.2) is 267 Å². The van der Waals surface area contributed by atoms with Crippen LogP contribution in [0.3, 0.4) is 0 Å². The van der Waals surface area contributed by atoms with Crippen molar-refractivity contribution in [2.45, 2.75) is 0 Å². The maximum Gasteiger partial charge on any atom is 0.164 e. The van der Waals surface area contributed by atoms with Gasteiger partial charge in [0.1, 0.15) is 0 Å². The van der Waals surface area contributed by atoms with Crippen LogP contribution in [0.2, 0.25) is 0 Å². The molecule has 0 atom stereocenters. The summed E-state index contributed by atoms with van der Waals surface area (Å²) in [4.78, 5) is 15.4. The number of rotatable bonds is 8. The quantitative estimate of drug-likeness (QED) is 0.142. The van der Waals surface area contributed by atoms with Gasteiger partial charge in [-0.15, -0.1) is 0 Å². The minimum absolute atomic E-state index is 0.585. The van der Waals surface area contributed by atoms with Gasteiger partial charge in [0.2, 0.25) is 0 Å². The molecule has 0 aliphatic carbocycles. The summed E-state index contributed by atoms with van der Waals surface area (Å²) in [6, 6.07) is 96.5. The molecule has 0 saturated heterocycles. The molecule has 13 aromatic carbocycles. The second kappa shape index (κ2) is 18.6. The monoisotopic (exact) mass is 964 g/mol. The standard InChI is InChI=1S/C72H44N4/c73-45-56-39-38-53(46-26-28-47(29-27-46)54-40-41-65-62-22-9-8-20-60(62)61-21-10-12-24-64(61)69(65)43-54)42-67(56)49-32-30-48(31-33-49)57-17-6-13-25-66(57)72-75-70(51-14-2-1-3-15-51)74-71(76-72)52-36-34-50(35-37-52)68-44-55-16-4-5-18-58(55)59-19-7-11-23-63(59)68/h1-44H. The summed E-state index contributed by atoms with van der Waals surface area (Å²) in [7, 11) is 0. The predicted molar refractivity (Wildman–Crippen MR) is 316 cm³/mol. The van der Waals surface area contributed by atoms with Crippen LogP contribution in [-0.2, 0) is 0 Å². The molecule has 4 nitrogen and oxygen atoms in total. The fourth-order valence-corrected chi connectivity index (χ4v) is 11.2. The molecule has 1 heterocycles. The van der Waals surface area contributed by atoms with Crippen LogP contribution in [0.4, 0.5) is 0 Å². The number of fused-ring (bicyclic) bond motifs is 9. The number of nitriles is 1. The highest BCUT2D eigenvalue weighted by Crippen LogP contribution is 2.40. The molecule has 14 aromatic rings. The topological polar surface area (TPSA) is 62.5 Å². The van der Waals surface area contributed by atoms with Crippen LogP contribution >= 0.6 is 0 Å². The summed E-state index contributed by atoms with van der Waals surface area (Å²) in [5.74, 6) is 1.78. The molecule has 76 heavy (non-hydrogen) atoms. The van der Waals surface area contributed by atoms with Crippen molar-refractivity contribution in [1.82, 2.24) is 15.0 Å². The first-order valence-corrected chi connectivity index (χ1v) is 25.6. The average Bonchev–Trinajstić information content (AvgIpc) is 3.55. The molecule has 0 unspecified atom stereocenters. The molecule has 0 spiro atoms. The minimum Gasteiger partial charge on any atom is -0.208 e. The van der Waals surface area contributed by atoms with E-state index in [0.717, 1.165) is 61.2 Å². The molecule has 14 rings (SSSR count). The van der Waals surface area contributed by atoms with Crippen molar-refractivity contribution in [3.8, 4) is 95.9 Å². The largest absolute Gasteiger partial charge is 0.208 e. The minimum atomic E-state index is 0.585. The summed E-state index contributed by atoms with van der Waals surface area (Å²) in [5, 5.41) is 22.9. The fraction of sp³-hybridized carbons (Fsp3) is 0. The summed E-state index contributed by atoms with van der Waals surface area (Å²) < 4.78 is 0. The Balaban J connectivity index is 0.780. The van der Waals surface area contributed by atoms with Gasteiger partial charge in [-0.25, -0.2) is 15.0 Å². The lowest BCUT2D eigenvalue weighted by Crippen LogP contribution is -2.01. The first-order chi connectivity index (χ1) is 37.6. The predicted octanol–water partition coefficient (Wildman–Crippen LogP) is 18.8. The van der Waals surface area contributed by atoms with Crippen LogP contribution in [0.25, 0.3) is 144 Å². The van der Waals surface area contributed by atoms with Gasteiger partial charge in [-0.2, -0.15) is 5.26 Å². The summed E-state index contributed by atoms with van der Waals surface area (Å²) in [5.41, 5.74) is 13.9. The lowest BCUT2D eigenvalue weighted by Gasteiger charge is -2.14. The number of hydrogen-bond acceptors (Lipinski definition) is 4. The SMILES string of the molecule is N#Cc1ccc(-c2ccc(-c3ccc4c5ccccc5c5ccccc5c4c3)cc2)cc1-c1ccc(-c2ccccc2-c2nc(-c3ccccc3)nc(-c3ccc(-c4cc5ccccc5c5ccccc45)cc3)n2)cc1. The molecule has 4 heteroatoms. The van der Waals surface area contributed by atoms with Crippen LogP contribution in [0.1, 0.15) is 5.56 Å². The summed E-state index contributed by atoms with van der Waals surface area (Å²) in [6.45, 7) is 0. The van der Waals surface area contributed by atoms with Crippen LogP contribution in [0.5, 0.6) is 0 Å². The fourth-order valence-electron chi connectivity index (χ4n) is 11.2. The molecular formula is C72H44N4. The third-order valence-electron chi connectivity index (χ3n) is 15.0. The van der Waals surface area contributed by atoms with Gasteiger partial charge in [-0.3, -0.25) is 0 Å². The lowest BCUT2D eigenvalue weighted by atomic mass is 9.91. The summed E-state index contributed by atoms with van der Waals surface area (Å²) >= 11 is 0. The molecule has 0 saturated carbocycles. The van der Waals surface area contributed by atoms with Crippen molar-refractivity contribution < 1.29 is 0 Å². The van der Waals surface area contributed by atoms with Crippen molar-refractivity contribution in [3.63, 3.8) is 0 Å². The molecular weight excluding hydrogens is 921 g/mol. The van der Waals surface area contributed by atoms with E-state index in [9.17, 15) is 5.26 Å². The van der Waals surface area contributed by atoms with Gasteiger partial charge in [-0.1, -0.05) is 243 Å². The van der Waals surface area contributed by atoms with Gasteiger partial charge >= 0.3 is 0 Å². The van der Waals surface area contributed by atoms with Crippen molar-refractivity contribution in [1.29, 1.82) is 5.26 Å². The Morgan fingerprint density at radius 3 is 1.24 bits per heavy atom. The number of benzene rings is 13. The zero-order chi connectivity index (χ0) is 50.5. The van der Waals surface area contributed by atoms with E-state index in [1.165, 1.54) is 65.0 Å². The molecule has 0 fully saturated rings. The molecule has 0 aliphatic rings. The van der Waals surface area contributed by atoms with Crippen LogP contribution < -0.4 is 0 Å². The summed E-state index contributed by atoms with van der Waals surface area (Å²) in [6.07, 6.45) is 0. The van der Waals surface area contributed by atoms with Crippen LogP contribution in [0, 0.1) is 11.3 Å². The Bertz CT molecular complexity index is 4580. The highest BCUT2D eigenvalue weighted by atomic mass is 15.0. The first-order valence-electron chi connectivity index (χ1n) is 25.6. The van der Waals surface area contributed by atoms with E-state index in [2.05, 4.69) is 224 Å². The smallest absolute Gasteiger partial charge is 0.164 e. The zero-order valence-corrected chi connectivity index (χ0v) is 41.2. The van der Waals surface area contributed by atoms with E-state index in [1.807, 2.05) is 48.5 Å².